The number of aromatic nitrogens is 2. The third kappa shape index (κ3) is 3.31. The molecule has 2 atom stereocenters. The molecule has 0 aliphatic carbocycles. The maximum absolute atomic E-state index is 13.8. The monoisotopic (exact) mass is 378 g/mol. The highest BCUT2D eigenvalue weighted by Crippen LogP contribution is 2.29. The Kier molecular flexibility index (Phi) is 5.37. The van der Waals surface area contributed by atoms with Crippen molar-refractivity contribution in [1.82, 2.24) is 9.55 Å². The predicted molar refractivity (Wildman–Crippen MR) is 89.3 cm³/mol. The zero-order valence-corrected chi connectivity index (χ0v) is 14.8. The molecule has 2 nitrogen and oxygen atoms in total. The van der Waals surface area contributed by atoms with Crippen molar-refractivity contribution in [3.63, 3.8) is 0 Å². The zero-order valence-electron chi connectivity index (χ0n) is 11.7. The fourth-order valence-corrected chi connectivity index (χ4v) is 2.95. The Bertz CT molecular complexity index is 615. The average Bonchev–Trinajstić information content (AvgIpc) is 2.74. The van der Waals surface area contributed by atoms with Crippen molar-refractivity contribution in [1.29, 1.82) is 0 Å². The number of alkyl halides is 1. The molecule has 20 heavy (non-hydrogen) atoms. The molecular weight excluding hydrogens is 363 g/mol. The summed E-state index contributed by atoms with van der Waals surface area (Å²) in [4.78, 5) is 4.55. The first-order valence-electron chi connectivity index (χ1n) is 6.46. The summed E-state index contributed by atoms with van der Waals surface area (Å²) in [5, 5.41) is 0.347. The number of hydrogen-bond donors (Lipinski definition) is 0. The lowest BCUT2D eigenvalue weighted by Gasteiger charge is -2.13. The van der Waals surface area contributed by atoms with Crippen LogP contribution in [0.15, 0.2) is 16.6 Å². The zero-order chi connectivity index (χ0) is 14.9. The molecule has 0 spiro atoms. The minimum atomic E-state index is -0.273. The molecular formula is C14H17BrClFN2S. The van der Waals surface area contributed by atoms with Crippen LogP contribution in [-0.2, 0) is 6.54 Å². The summed E-state index contributed by atoms with van der Waals surface area (Å²) in [7, 11) is 0. The summed E-state index contributed by atoms with van der Waals surface area (Å²) in [6, 6.07) is 3.24. The van der Waals surface area contributed by atoms with E-state index in [-0.39, 0.29) is 11.2 Å². The number of nitrogens with zero attached hydrogens (tertiary/aromatic N) is 2. The van der Waals surface area contributed by atoms with Crippen LogP contribution in [0.4, 0.5) is 4.39 Å². The number of benzene rings is 1. The minimum absolute atomic E-state index is 0.200. The number of rotatable bonds is 5. The first kappa shape index (κ1) is 16.1. The van der Waals surface area contributed by atoms with Gasteiger partial charge in [-0.05, 0) is 41.6 Å². The largest absolute Gasteiger partial charge is 0.327 e. The number of hydrogen-bond acceptors (Lipinski definition) is 2. The van der Waals surface area contributed by atoms with E-state index in [2.05, 4.69) is 34.1 Å². The average molecular weight is 380 g/mol. The van der Waals surface area contributed by atoms with Gasteiger partial charge in [-0.3, -0.25) is 0 Å². The van der Waals surface area contributed by atoms with Crippen LogP contribution in [0.3, 0.4) is 0 Å². The van der Waals surface area contributed by atoms with Gasteiger partial charge in [0, 0.05) is 17.9 Å². The summed E-state index contributed by atoms with van der Waals surface area (Å²) in [5.41, 5.74) is 1.58. The molecule has 0 aliphatic rings. The van der Waals surface area contributed by atoms with Gasteiger partial charge in [0.15, 0.2) is 0 Å². The Morgan fingerprint density at radius 3 is 2.75 bits per heavy atom. The van der Waals surface area contributed by atoms with Gasteiger partial charge in [0.05, 0.1) is 20.9 Å². The normalized spacial score (nSPS) is 14.7. The number of aryl methyl sites for hydroxylation is 1. The van der Waals surface area contributed by atoms with Crippen LogP contribution in [-0.4, -0.2) is 21.1 Å². The van der Waals surface area contributed by atoms with E-state index in [1.165, 1.54) is 6.07 Å². The fraction of sp³-hybridized carbons (Fsp3) is 0.500. The quantitative estimate of drug-likeness (QED) is 0.649. The highest BCUT2D eigenvalue weighted by Gasteiger charge is 2.17. The van der Waals surface area contributed by atoms with Crippen molar-refractivity contribution in [2.24, 2.45) is 0 Å². The lowest BCUT2D eigenvalue weighted by Crippen LogP contribution is -2.08. The Hall–Kier alpha value is -0.260. The minimum Gasteiger partial charge on any atom is -0.327 e. The van der Waals surface area contributed by atoms with E-state index < -0.39 is 0 Å². The SMILES string of the molecule is CSC(C)CCn1c(C(C)Cl)nc2cc(Br)c(F)cc21. The van der Waals surface area contributed by atoms with Crippen LogP contribution in [0.5, 0.6) is 0 Å². The van der Waals surface area contributed by atoms with Gasteiger partial charge < -0.3 is 4.57 Å². The number of halogens is 3. The molecule has 0 aliphatic heterocycles. The van der Waals surface area contributed by atoms with E-state index in [1.54, 1.807) is 6.07 Å². The Labute approximate surface area is 136 Å². The highest BCUT2D eigenvalue weighted by molar-refractivity contribution is 9.10. The van der Waals surface area contributed by atoms with Gasteiger partial charge in [0.1, 0.15) is 11.6 Å². The number of imidazole rings is 1. The summed E-state index contributed by atoms with van der Waals surface area (Å²) < 4.78 is 16.2. The van der Waals surface area contributed by atoms with Crippen LogP contribution >= 0.6 is 39.3 Å². The molecule has 0 radical (unpaired) electrons. The van der Waals surface area contributed by atoms with Gasteiger partial charge in [-0.25, -0.2) is 9.37 Å². The lowest BCUT2D eigenvalue weighted by molar-refractivity contribution is 0.611. The number of thioether (sulfide) groups is 1. The lowest BCUT2D eigenvalue weighted by atomic mass is 10.3. The molecule has 0 saturated carbocycles. The van der Waals surface area contributed by atoms with E-state index in [9.17, 15) is 4.39 Å². The van der Waals surface area contributed by atoms with Gasteiger partial charge in [-0.15, -0.1) is 11.6 Å². The molecule has 2 unspecified atom stereocenters. The molecule has 1 aromatic heterocycles. The van der Waals surface area contributed by atoms with E-state index in [0.717, 1.165) is 29.8 Å². The predicted octanol–water partition coefficient (Wildman–Crippen LogP) is 5.38. The molecule has 0 saturated heterocycles. The first-order valence-corrected chi connectivity index (χ1v) is 8.97. The topological polar surface area (TPSA) is 17.8 Å². The van der Waals surface area contributed by atoms with Crippen molar-refractivity contribution in [2.75, 3.05) is 6.26 Å². The third-order valence-electron chi connectivity index (χ3n) is 3.34. The van der Waals surface area contributed by atoms with Gasteiger partial charge in [-0.1, -0.05) is 6.92 Å². The molecule has 110 valence electrons. The molecule has 2 aromatic rings. The van der Waals surface area contributed by atoms with E-state index in [1.807, 2.05) is 23.3 Å². The third-order valence-corrected chi connectivity index (χ3v) is 5.18. The van der Waals surface area contributed by atoms with E-state index >= 15 is 0 Å². The number of fused-ring (bicyclic) bond motifs is 1. The van der Waals surface area contributed by atoms with E-state index in [4.69, 9.17) is 11.6 Å². The Morgan fingerprint density at radius 1 is 1.45 bits per heavy atom. The van der Waals surface area contributed by atoms with Crippen molar-refractivity contribution in [2.45, 2.75) is 37.4 Å². The molecule has 1 heterocycles. The molecule has 2 rings (SSSR count). The Balaban J connectivity index is 2.47. The van der Waals surface area contributed by atoms with Crippen LogP contribution in [0.2, 0.25) is 0 Å². The fourth-order valence-electron chi connectivity index (χ4n) is 2.11. The molecule has 0 amide bonds. The summed E-state index contributed by atoms with van der Waals surface area (Å²) >= 11 is 11.2. The van der Waals surface area contributed by atoms with Crippen molar-refractivity contribution < 1.29 is 4.39 Å². The molecule has 0 N–H and O–H groups in total. The van der Waals surface area contributed by atoms with E-state index in [0.29, 0.717) is 9.72 Å². The smallest absolute Gasteiger partial charge is 0.139 e. The second-order valence-electron chi connectivity index (χ2n) is 4.83. The van der Waals surface area contributed by atoms with Crippen LogP contribution in [0, 0.1) is 5.82 Å². The second kappa shape index (κ2) is 6.67. The van der Waals surface area contributed by atoms with Crippen molar-refractivity contribution in [3.8, 4) is 0 Å². The molecule has 0 fully saturated rings. The standard InChI is InChI=1S/C14H17BrClFN2S/c1-8(20-3)4-5-19-13-7-11(17)10(15)6-12(13)18-14(19)9(2)16/h6-9H,4-5H2,1-3H3. The maximum atomic E-state index is 13.8. The first-order chi connectivity index (χ1) is 9.43. The van der Waals surface area contributed by atoms with Gasteiger partial charge in [0.25, 0.3) is 0 Å². The summed E-state index contributed by atoms with van der Waals surface area (Å²) in [6.45, 7) is 4.87. The van der Waals surface area contributed by atoms with Crippen LogP contribution < -0.4 is 0 Å². The van der Waals surface area contributed by atoms with Gasteiger partial charge in [0.2, 0.25) is 0 Å². The summed E-state index contributed by atoms with van der Waals surface area (Å²) in [6.07, 6.45) is 3.10. The second-order valence-corrected chi connectivity index (χ2v) is 7.61. The Morgan fingerprint density at radius 2 is 2.15 bits per heavy atom. The molecule has 6 heteroatoms. The van der Waals surface area contributed by atoms with Crippen molar-refractivity contribution >= 4 is 50.3 Å². The highest BCUT2D eigenvalue weighted by atomic mass is 79.9. The van der Waals surface area contributed by atoms with Crippen LogP contribution in [0.1, 0.15) is 31.5 Å². The van der Waals surface area contributed by atoms with Gasteiger partial charge in [-0.2, -0.15) is 11.8 Å². The van der Waals surface area contributed by atoms with Crippen LogP contribution in [0.25, 0.3) is 11.0 Å². The maximum Gasteiger partial charge on any atom is 0.139 e. The molecule has 1 aromatic carbocycles. The molecule has 0 bridgehead atoms. The van der Waals surface area contributed by atoms with Gasteiger partial charge >= 0.3 is 0 Å². The summed E-state index contributed by atoms with van der Waals surface area (Å²) in [5.74, 6) is 0.526. The van der Waals surface area contributed by atoms with Crippen molar-refractivity contribution in [3.05, 3.63) is 28.2 Å².